The van der Waals surface area contributed by atoms with Crippen molar-refractivity contribution in [1.29, 1.82) is 0 Å². The summed E-state index contributed by atoms with van der Waals surface area (Å²) in [6.07, 6.45) is 3.21. The van der Waals surface area contributed by atoms with Crippen LogP contribution in [-0.4, -0.2) is 11.3 Å². The Morgan fingerprint density at radius 3 is 2.44 bits per heavy atom. The number of hydrogen-bond donors (Lipinski definition) is 1. The van der Waals surface area contributed by atoms with Crippen molar-refractivity contribution >= 4 is 6.21 Å². The molecule has 52 valence electrons. The van der Waals surface area contributed by atoms with E-state index >= 15 is 0 Å². The Bertz CT molecular complexity index is 121. The first-order valence-corrected chi connectivity index (χ1v) is 3.02. The number of aliphatic imine (C=N–C) groups is 1. The first-order chi connectivity index (χ1) is 4.13. The molecule has 0 atom stereocenters. The molecule has 0 saturated heterocycles. The second-order valence-corrected chi connectivity index (χ2v) is 2.31. The third-order valence-corrected chi connectivity index (χ3v) is 0.646. The van der Waals surface area contributed by atoms with Gasteiger partial charge in [-0.05, 0) is 12.8 Å². The third-order valence-electron chi connectivity index (χ3n) is 0.646. The molecule has 0 aromatic heterocycles. The van der Waals surface area contributed by atoms with Gasteiger partial charge >= 0.3 is 0 Å². The molecule has 0 spiro atoms. The van der Waals surface area contributed by atoms with Crippen molar-refractivity contribution in [3.63, 3.8) is 0 Å². The fraction of sp³-hybridized carbons (Fsp3) is 0.571. The first kappa shape index (κ1) is 8.21. The monoisotopic (exact) mass is 127 g/mol. The lowest BCUT2D eigenvalue weighted by Gasteiger charge is -1.88. The maximum Gasteiger partial charge on any atom is 0.107 e. The van der Waals surface area contributed by atoms with Crippen LogP contribution in [0, 0.1) is 5.92 Å². The van der Waals surface area contributed by atoms with Crippen molar-refractivity contribution in [2.45, 2.75) is 20.8 Å². The van der Waals surface area contributed by atoms with E-state index in [4.69, 9.17) is 5.11 Å². The Hall–Kier alpha value is -0.790. The lowest BCUT2D eigenvalue weighted by Crippen LogP contribution is -1.84. The summed E-state index contributed by atoms with van der Waals surface area (Å²) < 4.78 is 0. The van der Waals surface area contributed by atoms with Crippen LogP contribution in [0.5, 0.6) is 0 Å². The zero-order valence-electron chi connectivity index (χ0n) is 6.13. The van der Waals surface area contributed by atoms with E-state index < -0.39 is 0 Å². The minimum atomic E-state index is 0.243. The Morgan fingerprint density at radius 2 is 2.11 bits per heavy atom. The van der Waals surface area contributed by atoms with E-state index in [1.807, 2.05) is 13.8 Å². The van der Waals surface area contributed by atoms with Gasteiger partial charge in [-0.1, -0.05) is 13.8 Å². The van der Waals surface area contributed by atoms with E-state index in [2.05, 4.69) is 4.99 Å². The van der Waals surface area contributed by atoms with Gasteiger partial charge in [-0.3, -0.25) is 4.99 Å². The number of aliphatic hydroxyl groups excluding tert-OH is 1. The quantitative estimate of drug-likeness (QED) is 0.447. The van der Waals surface area contributed by atoms with Gasteiger partial charge in [0.05, 0.1) is 6.20 Å². The molecule has 2 heteroatoms. The number of allylic oxidation sites excluding steroid dienone is 1. The highest BCUT2D eigenvalue weighted by Crippen LogP contribution is 1.88. The summed E-state index contributed by atoms with van der Waals surface area (Å²) in [5.41, 5.74) is 0. The second kappa shape index (κ2) is 4.13. The van der Waals surface area contributed by atoms with Gasteiger partial charge in [-0.2, -0.15) is 0 Å². The van der Waals surface area contributed by atoms with E-state index in [1.165, 1.54) is 6.20 Å². The van der Waals surface area contributed by atoms with Crippen LogP contribution in [0.4, 0.5) is 0 Å². The maximum atomic E-state index is 8.61. The normalized spacial score (nSPS) is 13.6. The predicted molar refractivity (Wildman–Crippen MR) is 39.7 cm³/mol. The number of rotatable bonds is 2. The second-order valence-electron chi connectivity index (χ2n) is 2.31. The summed E-state index contributed by atoms with van der Waals surface area (Å²) in [7, 11) is 0. The van der Waals surface area contributed by atoms with Crippen molar-refractivity contribution in [3.05, 3.63) is 12.0 Å². The highest BCUT2D eigenvalue weighted by atomic mass is 16.3. The molecule has 2 nitrogen and oxygen atoms in total. The minimum Gasteiger partial charge on any atom is -0.511 e. The molecule has 0 rings (SSSR count). The third kappa shape index (κ3) is 7.21. The van der Waals surface area contributed by atoms with Crippen LogP contribution in [0.1, 0.15) is 20.8 Å². The van der Waals surface area contributed by atoms with Crippen molar-refractivity contribution in [2.24, 2.45) is 10.9 Å². The summed E-state index contributed by atoms with van der Waals surface area (Å²) in [6.45, 7) is 5.66. The molecule has 0 bridgehead atoms. The number of aliphatic hydroxyl groups is 1. The lowest BCUT2D eigenvalue weighted by atomic mass is 10.2. The molecule has 0 aliphatic rings. The average molecular weight is 127 g/mol. The van der Waals surface area contributed by atoms with Gasteiger partial charge in [0, 0.05) is 6.21 Å². The van der Waals surface area contributed by atoms with Crippen molar-refractivity contribution < 1.29 is 5.11 Å². The number of hydrogen-bond acceptors (Lipinski definition) is 2. The Morgan fingerprint density at radius 1 is 1.56 bits per heavy atom. The van der Waals surface area contributed by atoms with Crippen molar-refractivity contribution in [1.82, 2.24) is 0 Å². The lowest BCUT2D eigenvalue weighted by molar-refractivity contribution is 0.412. The van der Waals surface area contributed by atoms with Crippen LogP contribution in [-0.2, 0) is 0 Å². The zero-order valence-corrected chi connectivity index (χ0v) is 6.13. The maximum absolute atomic E-state index is 8.61. The highest BCUT2D eigenvalue weighted by Gasteiger charge is 1.81. The summed E-state index contributed by atoms with van der Waals surface area (Å²) in [5, 5.41) is 8.61. The topological polar surface area (TPSA) is 32.6 Å². The zero-order chi connectivity index (χ0) is 7.28. The molecule has 9 heavy (non-hydrogen) atoms. The van der Waals surface area contributed by atoms with Gasteiger partial charge in [0.25, 0.3) is 0 Å². The van der Waals surface area contributed by atoms with Gasteiger partial charge < -0.3 is 5.11 Å². The minimum absolute atomic E-state index is 0.243. The van der Waals surface area contributed by atoms with Crippen molar-refractivity contribution in [3.8, 4) is 0 Å². The van der Waals surface area contributed by atoms with E-state index in [9.17, 15) is 0 Å². The molecule has 0 saturated carbocycles. The summed E-state index contributed by atoms with van der Waals surface area (Å²) in [5.74, 6) is 0.688. The van der Waals surface area contributed by atoms with Crippen LogP contribution in [0.15, 0.2) is 17.0 Å². The van der Waals surface area contributed by atoms with Crippen LogP contribution in [0.2, 0.25) is 0 Å². The first-order valence-electron chi connectivity index (χ1n) is 3.02. The van der Waals surface area contributed by atoms with Crippen LogP contribution in [0.3, 0.4) is 0 Å². The number of nitrogens with zero attached hydrogens (tertiary/aromatic N) is 1. The van der Waals surface area contributed by atoms with Gasteiger partial charge in [-0.15, -0.1) is 0 Å². The molecule has 0 unspecified atom stereocenters. The summed E-state index contributed by atoms with van der Waals surface area (Å²) in [6, 6.07) is 0. The van der Waals surface area contributed by atoms with E-state index in [0.29, 0.717) is 5.92 Å². The van der Waals surface area contributed by atoms with Crippen LogP contribution < -0.4 is 0 Å². The molecule has 0 aromatic rings. The average Bonchev–Trinajstić information content (AvgIpc) is 1.63. The SMILES string of the molecule is C/C(O)=C/N=CC(C)C. The van der Waals surface area contributed by atoms with Gasteiger partial charge in [0.2, 0.25) is 0 Å². The molecule has 0 amide bonds. The van der Waals surface area contributed by atoms with Crippen LogP contribution in [0.25, 0.3) is 0 Å². The fourth-order valence-electron chi connectivity index (χ4n) is 0.323. The highest BCUT2D eigenvalue weighted by molar-refractivity contribution is 5.60. The smallest absolute Gasteiger partial charge is 0.107 e. The molecular formula is C7H13NO. The molecule has 0 aliphatic carbocycles. The summed E-state index contributed by atoms with van der Waals surface area (Å²) in [4.78, 5) is 3.83. The molecule has 0 radical (unpaired) electrons. The Labute approximate surface area is 55.9 Å². The summed E-state index contributed by atoms with van der Waals surface area (Å²) >= 11 is 0. The molecule has 0 aromatic carbocycles. The van der Waals surface area contributed by atoms with Crippen molar-refractivity contribution in [2.75, 3.05) is 0 Å². The fourth-order valence-corrected chi connectivity index (χ4v) is 0.323. The molecular weight excluding hydrogens is 114 g/mol. The molecule has 0 fully saturated rings. The standard InChI is InChI=1S/C7H13NO/c1-6(2)4-8-5-7(3)9/h4-6,9H,1-3H3/b7-5-,8-4?. The molecule has 1 N–H and O–H groups in total. The Kier molecular flexibility index (Phi) is 3.76. The molecule has 0 aliphatic heterocycles. The van der Waals surface area contributed by atoms with Crippen LogP contribution >= 0.6 is 0 Å². The van der Waals surface area contributed by atoms with Gasteiger partial charge in [-0.25, -0.2) is 0 Å². The van der Waals surface area contributed by atoms with Gasteiger partial charge in [0.1, 0.15) is 5.76 Å². The van der Waals surface area contributed by atoms with E-state index in [0.717, 1.165) is 0 Å². The van der Waals surface area contributed by atoms with E-state index in [-0.39, 0.29) is 5.76 Å². The van der Waals surface area contributed by atoms with E-state index in [1.54, 1.807) is 13.1 Å². The predicted octanol–water partition coefficient (Wildman–Crippen LogP) is 2.13. The molecule has 0 heterocycles. The largest absolute Gasteiger partial charge is 0.511 e. The van der Waals surface area contributed by atoms with Gasteiger partial charge in [0.15, 0.2) is 0 Å². The Balaban J connectivity index is 3.60.